The van der Waals surface area contributed by atoms with Gasteiger partial charge in [-0.3, -0.25) is 0 Å². The molecule has 0 saturated carbocycles. The van der Waals surface area contributed by atoms with E-state index >= 15 is 0 Å². The molecule has 0 atom stereocenters. The van der Waals surface area contributed by atoms with Crippen LogP contribution in [0.15, 0.2) is 30.3 Å². The Kier molecular flexibility index (Phi) is 4.69. The van der Waals surface area contributed by atoms with Gasteiger partial charge >= 0.3 is 0 Å². The Morgan fingerprint density at radius 2 is 1.87 bits per heavy atom. The van der Waals surface area contributed by atoms with Crippen molar-refractivity contribution in [1.29, 1.82) is 0 Å². The average Bonchev–Trinajstić information content (AvgIpc) is 2.26. The highest BCUT2D eigenvalue weighted by atomic mass is 19.3. The van der Waals surface area contributed by atoms with Crippen molar-refractivity contribution in [3.05, 3.63) is 35.9 Å². The molecule has 3 heteroatoms. The van der Waals surface area contributed by atoms with Crippen LogP contribution < -0.4 is 5.32 Å². The summed E-state index contributed by atoms with van der Waals surface area (Å²) in [5, 5.41) is 2.78. The van der Waals surface area contributed by atoms with Crippen LogP contribution in [0.1, 0.15) is 25.3 Å². The first-order valence-electron chi connectivity index (χ1n) is 5.31. The lowest BCUT2D eigenvalue weighted by Gasteiger charge is -2.17. The minimum atomic E-state index is -2.77. The third kappa shape index (κ3) is 3.96. The number of unbranched alkanes of at least 4 members (excludes halogenated alkanes) is 1. The Morgan fingerprint density at radius 1 is 1.20 bits per heavy atom. The quantitative estimate of drug-likeness (QED) is 0.716. The summed E-state index contributed by atoms with van der Waals surface area (Å²) in [5.41, 5.74) is 0.0778. The minimum absolute atomic E-state index is 0.0778. The van der Waals surface area contributed by atoms with Gasteiger partial charge in [0.05, 0.1) is 6.54 Å². The fraction of sp³-hybridized carbons (Fsp3) is 0.500. The van der Waals surface area contributed by atoms with E-state index in [2.05, 4.69) is 5.32 Å². The maximum absolute atomic E-state index is 13.5. The van der Waals surface area contributed by atoms with Gasteiger partial charge < -0.3 is 5.32 Å². The molecule has 0 fully saturated rings. The first-order valence-corrected chi connectivity index (χ1v) is 5.31. The fourth-order valence-corrected chi connectivity index (χ4v) is 1.33. The molecule has 0 bridgehead atoms. The molecule has 15 heavy (non-hydrogen) atoms. The van der Waals surface area contributed by atoms with E-state index in [0.717, 1.165) is 12.8 Å². The second kappa shape index (κ2) is 5.81. The Balaban J connectivity index is 2.45. The van der Waals surface area contributed by atoms with Crippen LogP contribution in [0.25, 0.3) is 0 Å². The molecule has 1 nitrogen and oxygen atoms in total. The van der Waals surface area contributed by atoms with E-state index in [-0.39, 0.29) is 12.1 Å². The molecule has 0 amide bonds. The Morgan fingerprint density at radius 3 is 2.47 bits per heavy atom. The highest BCUT2D eigenvalue weighted by Crippen LogP contribution is 2.26. The zero-order valence-corrected chi connectivity index (χ0v) is 8.97. The fourth-order valence-electron chi connectivity index (χ4n) is 1.33. The summed E-state index contributed by atoms with van der Waals surface area (Å²) in [6.07, 6.45) is 1.95. The molecule has 1 rings (SSSR count). The van der Waals surface area contributed by atoms with Crippen LogP contribution in [-0.2, 0) is 5.92 Å². The van der Waals surface area contributed by atoms with Crippen LogP contribution in [-0.4, -0.2) is 13.1 Å². The molecule has 0 heterocycles. The summed E-state index contributed by atoms with van der Waals surface area (Å²) in [6.45, 7) is 2.41. The van der Waals surface area contributed by atoms with Crippen LogP contribution in [0, 0.1) is 0 Å². The van der Waals surface area contributed by atoms with Crippen molar-refractivity contribution < 1.29 is 8.78 Å². The number of nitrogens with one attached hydrogen (secondary N) is 1. The van der Waals surface area contributed by atoms with Crippen molar-refractivity contribution in [3.8, 4) is 0 Å². The van der Waals surface area contributed by atoms with E-state index in [1.807, 2.05) is 6.92 Å². The third-order valence-corrected chi connectivity index (χ3v) is 2.25. The number of benzene rings is 1. The molecule has 0 aromatic heterocycles. The van der Waals surface area contributed by atoms with E-state index < -0.39 is 5.92 Å². The molecule has 0 spiro atoms. The molecule has 1 aromatic carbocycles. The van der Waals surface area contributed by atoms with Crippen LogP contribution in [0.2, 0.25) is 0 Å². The molecule has 0 aliphatic heterocycles. The Bertz CT molecular complexity index is 272. The number of alkyl halides is 2. The zero-order chi connectivity index (χ0) is 11.1. The van der Waals surface area contributed by atoms with E-state index in [9.17, 15) is 8.78 Å². The normalized spacial score (nSPS) is 11.7. The predicted octanol–water partition coefficient (Wildman–Crippen LogP) is 3.17. The van der Waals surface area contributed by atoms with E-state index in [0.29, 0.717) is 6.54 Å². The van der Waals surface area contributed by atoms with Gasteiger partial charge in [0.25, 0.3) is 5.92 Å². The molecule has 0 unspecified atom stereocenters. The lowest BCUT2D eigenvalue weighted by atomic mass is 10.1. The lowest BCUT2D eigenvalue weighted by molar-refractivity contribution is -0.00299. The SMILES string of the molecule is CCCCNCC(F)(F)c1ccccc1. The molecule has 1 aromatic rings. The molecule has 0 aliphatic rings. The molecule has 1 N–H and O–H groups in total. The van der Waals surface area contributed by atoms with Gasteiger partial charge in [0, 0.05) is 5.56 Å². The maximum Gasteiger partial charge on any atom is 0.285 e. The first kappa shape index (κ1) is 12.1. The van der Waals surface area contributed by atoms with Gasteiger partial charge in [-0.2, -0.15) is 8.78 Å². The van der Waals surface area contributed by atoms with E-state index in [4.69, 9.17) is 0 Å². The van der Waals surface area contributed by atoms with Crippen LogP contribution in [0.3, 0.4) is 0 Å². The molecular weight excluding hydrogens is 196 g/mol. The number of hydrogen-bond acceptors (Lipinski definition) is 1. The largest absolute Gasteiger partial charge is 0.311 e. The third-order valence-electron chi connectivity index (χ3n) is 2.25. The van der Waals surface area contributed by atoms with E-state index in [1.165, 1.54) is 12.1 Å². The second-order valence-corrected chi connectivity index (χ2v) is 3.60. The standard InChI is InChI=1S/C12H17F2N/c1-2-3-9-15-10-12(13,14)11-7-5-4-6-8-11/h4-8,15H,2-3,9-10H2,1H3. The van der Waals surface area contributed by atoms with Crippen LogP contribution >= 0.6 is 0 Å². The van der Waals surface area contributed by atoms with Gasteiger partial charge in [-0.05, 0) is 13.0 Å². The summed E-state index contributed by atoms with van der Waals surface area (Å²) in [5.74, 6) is -2.77. The predicted molar refractivity (Wildman–Crippen MR) is 58.1 cm³/mol. The van der Waals surface area contributed by atoms with Crippen LogP contribution in [0.4, 0.5) is 8.78 Å². The van der Waals surface area contributed by atoms with Gasteiger partial charge in [-0.15, -0.1) is 0 Å². The van der Waals surface area contributed by atoms with Gasteiger partial charge in [0.2, 0.25) is 0 Å². The Hall–Kier alpha value is -0.960. The average molecular weight is 213 g/mol. The first-order chi connectivity index (χ1) is 7.17. The summed E-state index contributed by atoms with van der Waals surface area (Å²) in [7, 11) is 0. The van der Waals surface area contributed by atoms with Crippen molar-refractivity contribution in [2.24, 2.45) is 0 Å². The summed E-state index contributed by atoms with van der Waals surface area (Å²) >= 11 is 0. The molecule has 0 aliphatic carbocycles. The van der Waals surface area contributed by atoms with Crippen LogP contribution in [0.5, 0.6) is 0 Å². The minimum Gasteiger partial charge on any atom is -0.311 e. The van der Waals surface area contributed by atoms with Gasteiger partial charge in [-0.25, -0.2) is 0 Å². The maximum atomic E-state index is 13.5. The summed E-state index contributed by atoms with van der Waals surface area (Å²) < 4.78 is 27.0. The summed E-state index contributed by atoms with van der Waals surface area (Å²) in [4.78, 5) is 0. The van der Waals surface area contributed by atoms with Gasteiger partial charge in [0.1, 0.15) is 0 Å². The van der Waals surface area contributed by atoms with E-state index in [1.54, 1.807) is 18.2 Å². The van der Waals surface area contributed by atoms with Crippen molar-refractivity contribution in [3.63, 3.8) is 0 Å². The lowest BCUT2D eigenvalue weighted by Crippen LogP contribution is -2.31. The number of rotatable bonds is 6. The van der Waals surface area contributed by atoms with Crippen molar-refractivity contribution >= 4 is 0 Å². The topological polar surface area (TPSA) is 12.0 Å². The van der Waals surface area contributed by atoms with Gasteiger partial charge in [0.15, 0.2) is 0 Å². The number of hydrogen-bond donors (Lipinski definition) is 1. The van der Waals surface area contributed by atoms with Gasteiger partial charge in [-0.1, -0.05) is 43.7 Å². The molecule has 0 saturated heterocycles. The molecular formula is C12H17F2N. The smallest absolute Gasteiger partial charge is 0.285 e. The monoisotopic (exact) mass is 213 g/mol. The number of halogens is 2. The Labute approximate surface area is 89.5 Å². The summed E-state index contributed by atoms with van der Waals surface area (Å²) in [6, 6.07) is 7.93. The van der Waals surface area contributed by atoms with Crippen molar-refractivity contribution in [1.82, 2.24) is 5.32 Å². The molecule has 84 valence electrons. The van der Waals surface area contributed by atoms with Crippen molar-refractivity contribution in [2.75, 3.05) is 13.1 Å². The zero-order valence-electron chi connectivity index (χ0n) is 8.97. The highest BCUT2D eigenvalue weighted by Gasteiger charge is 2.30. The second-order valence-electron chi connectivity index (χ2n) is 3.60. The highest BCUT2D eigenvalue weighted by molar-refractivity contribution is 5.20. The molecule has 0 radical (unpaired) electrons. The van der Waals surface area contributed by atoms with Crippen molar-refractivity contribution in [2.45, 2.75) is 25.7 Å².